The van der Waals surface area contributed by atoms with Crippen LogP contribution in [0.1, 0.15) is 52.4 Å². The third kappa shape index (κ3) is 5.26. The second-order valence-corrected chi connectivity index (χ2v) is 6.73. The number of amides is 1. The molecule has 2 aliphatic rings. The zero-order valence-corrected chi connectivity index (χ0v) is 13.9. The third-order valence-corrected chi connectivity index (χ3v) is 5.21. The maximum absolute atomic E-state index is 12.1. The van der Waals surface area contributed by atoms with Crippen LogP contribution in [0.15, 0.2) is 0 Å². The molecule has 2 unspecified atom stereocenters. The van der Waals surface area contributed by atoms with Gasteiger partial charge < -0.3 is 15.1 Å². The standard InChI is InChI=1S/C17H33N3O/c1-3-19-11-7-8-16(14-19)15(2)18-10-9-17(21)20-12-5-4-6-13-20/h15-16,18H,3-14H2,1-2H3. The molecule has 1 amide bonds. The number of nitrogens with zero attached hydrogens (tertiary/aromatic N) is 2. The van der Waals surface area contributed by atoms with Gasteiger partial charge in [0.05, 0.1) is 0 Å². The monoisotopic (exact) mass is 295 g/mol. The van der Waals surface area contributed by atoms with Crippen molar-refractivity contribution in [2.45, 2.75) is 58.4 Å². The first-order chi connectivity index (χ1) is 10.2. The molecule has 0 aromatic heterocycles. The van der Waals surface area contributed by atoms with Crippen LogP contribution in [-0.4, -0.2) is 61.0 Å². The van der Waals surface area contributed by atoms with Gasteiger partial charge >= 0.3 is 0 Å². The summed E-state index contributed by atoms with van der Waals surface area (Å²) in [7, 11) is 0. The van der Waals surface area contributed by atoms with Gasteiger partial charge in [-0.25, -0.2) is 0 Å². The van der Waals surface area contributed by atoms with E-state index >= 15 is 0 Å². The lowest BCUT2D eigenvalue weighted by Gasteiger charge is -2.35. The lowest BCUT2D eigenvalue weighted by atomic mass is 9.91. The topological polar surface area (TPSA) is 35.6 Å². The van der Waals surface area contributed by atoms with Gasteiger partial charge in [-0.1, -0.05) is 6.92 Å². The van der Waals surface area contributed by atoms with Crippen LogP contribution < -0.4 is 5.32 Å². The minimum Gasteiger partial charge on any atom is -0.343 e. The molecule has 4 heteroatoms. The second-order valence-electron chi connectivity index (χ2n) is 6.73. The van der Waals surface area contributed by atoms with Gasteiger partial charge in [0.2, 0.25) is 5.91 Å². The van der Waals surface area contributed by atoms with Crippen LogP contribution >= 0.6 is 0 Å². The first-order valence-electron chi connectivity index (χ1n) is 8.94. The van der Waals surface area contributed by atoms with Crippen molar-refractivity contribution in [1.82, 2.24) is 15.1 Å². The summed E-state index contributed by atoms with van der Waals surface area (Å²) in [6.07, 6.45) is 6.96. The van der Waals surface area contributed by atoms with Crippen molar-refractivity contribution in [3.05, 3.63) is 0 Å². The quantitative estimate of drug-likeness (QED) is 0.815. The molecule has 2 saturated heterocycles. The van der Waals surface area contributed by atoms with E-state index < -0.39 is 0 Å². The van der Waals surface area contributed by atoms with Gasteiger partial charge in [-0.15, -0.1) is 0 Å². The lowest BCUT2D eigenvalue weighted by molar-refractivity contribution is -0.132. The van der Waals surface area contributed by atoms with Crippen molar-refractivity contribution >= 4 is 5.91 Å². The van der Waals surface area contributed by atoms with Crippen LogP contribution in [0.5, 0.6) is 0 Å². The van der Waals surface area contributed by atoms with E-state index in [4.69, 9.17) is 0 Å². The summed E-state index contributed by atoms with van der Waals surface area (Å²) >= 11 is 0. The summed E-state index contributed by atoms with van der Waals surface area (Å²) in [4.78, 5) is 16.7. The molecular formula is C17H33N3O. The highest BCUT2D eigenvalue weighted by molar-refractivity contribution is 5.76. The maximum Gasteiger partial charge on any atom is 0.223 e. The zero-order valence-electron chi connectivity index (χ0n) is 13.9. The number of piperidine rings is 2. The summed E-state index contributed by atoms with van der Waals surface area (Å²) in [6.45, 7) is 10.9. The number of nitrogens with one attached hydrogen (secondary N) is 1. The fraction of sp³-hybridized carbons (Fsp3) is 0.941. The fourth-order valence-electron chi connectivity index (χ4n) is 3.66. The highest BCUT2D eigenvalue weighted by Gasteiger charge is 2.24. The van der Waals surface area contributed by atoms with Crippen LogP contribution in [0, 0.1) is 5.92 Å². The molecule has 122 valence electrons. The maximum atomic E-state index is 12.1. The number of carbonyl (C=O) groups excluding carboxylic acids is 1. The minimum absolute atomic E-state index is 0.341. The Kier molecular flexibility index (Phi) is 6.97. The molecule has 2 atom stereocenters. The van der Waals surface area contributed by atoms with E-state index in [0.717, 1.165) is 32.1 Å². The highest BCUT2D eigenvalue weighted by Crippen LogP contribution is 2.19. The van der Waals surface area contributed by atoms with E-state index in [1.165, 1.54) is 45.2 Å². The van der Waals surface area contributed by atoms with Crippen molar-refractivity contribution in [2.24, 2.45) is 5.92 Å². The SMILES string of the molecule is CCN1CCCC(C(C)NCCC(=O)N2CCCCC2)C1. The molecule has 21 heavy (non-hydrogen) atoms. The third-order valence-electron chi connectivity index (χ3n) is 5.21. The van der Waals surface area contributed by atoms with Gasteiger partial charge in [0.25, 0.3) is 0 Å². The predicted molar refractivity (Wildman–Crippen MR) is 87.4 cm³/mol. The summed E-state index contributed by atoms with van der Waals surface area (Å²) in [5.74, 6) is 1.08. The molecule has 0 radical (unpaired) electrons. The zero-order chi connectivity index (χ0) is 15.1. The van der Waals surface area contributed by atoms with Crippen LogP contribution in [-0.2, 0) is 4.79 Å². The predicted octanol–water partition coefficient (Wildman–Crippen LogP) is 2.10. The molecular weight excluding hydrogens is 262 g/mol. The molecule has 2 heterocycles. The first kappa shape index (κ1) is 16.8. The molecule has 4 nitrogen and oxygen atoms in total. The Labute approximate surface area is 130 Å². The normalized spacial score (nSPS) is 25.8. The molecule has 0 aliphatic carbocycles. The Hall–Kier alpha value is -0.610. The lowest BCUT2D eigenvalue weighted by Crippen LogP contribution is -2.45. The number of hydrogen-bond acceptors (Lipinski definition) is 3. The molecule has 2 rings (SSSR count). The Balaban J connectivity index is 1.64. The van der Waals surface area contributed by atoms with Crippen LogP contribution in [0.4, 0.5) is 0 Å². The smallest absolute Gasteiger partial charge is 0.223 e. The minimum atomic E-state index is 0.341. The number of hydrogen-bond donors (Lipinski definition) is 1. The number of carbonyl (C=O) groups is 1. The molecule has 0 bridgehead atoms. The summed E-state index contributed by atoms with van der Waals surface area (Å²) in [5.41, 5.74) is 0. The van der Waals surface area contributed by atoms with Crippen LogP contribution in [0.25, 0.3) is 0 Å². The van der Waals surface area contributed by atoms with Crippen molar-refractivity contribution < 1.29 is 4.79 Å². The van der Waals surface area contributed by atoms with E-state index in [9.17, 15) is 4.79 Å². The fourth-order valence-corrected chi connectivity index (χ4v) is 3.66. The number of rotatable bonds is 6. The van der Waals surface area contributed by atoms with Gasteiger partial charge in [0.15, 0.2) is 0 Å². The molecule has 0 saturated carbocycles. The summed E-state index contributed by atoms with van der Waals surface area (Å²) < 4.78 is 0. The van der Waals surface area contributed by atoms with Crippen LogP contribution in [0.3, 0.4) is 0 Å². The number of likely N-dealkylation sites (tertiary alicyclic amines) is 2. The van der Waals surface area contributed by atoms with Crippen molar-refractivity contribution in [3.8, 4) is 0 Å². The van der Waals surface area contributed by atoms with E-state index in [1.54, 1.807) is 0 Å². The second kappa shape index (κ2) is 8.74. The van der Waals surface area contributed by atoms with Gasteiger partial charge in [-0.05, 0) is 58.0 Å². The van der Waals surface area contributed by atoms with E-state index in [2.05, 4.69) is 29.0 Å². The van der Waals surface area contributed by atoms with Gasteiger partial charge in [0.1, 0.15) is 0 Å². The Morgan fingerprint density at radius 1 is 1.19 bits per heavy atom. The molecule has 0 aromatic carbocycles. The van der Waals surface area contributed by atoms with E-state index in [-0.39, 0.29) is 0 Å². The van der Waals surface area contributed by atoms with Gasteiger partial charge in [-0.3, -0.25) is 4.79 Å². The Morgan fingerprint density at radius 3 is 2.67 bits per heavy atom. The highest BCUT2D eigenvalue weighted by atomic mass is 16.2. The molecule has 0 spiro atoms. The average molecular weight is 295 g/mol. The Bertz CT molecular complexity index is 315. The van der Waals surface area contributed by atoms with Crippen molar-refractivity contribution in [3.63, 3.8) is 0 Å². The van der Waals surface area contributed by atoms with Gasteiger partial charge in [0, 0.05) is 38.6 Å². The first-order valence-corrected chi connectivity index (χ1v) is 8.94. The van der Waals surface area contributed by atoms with Crippen LogP contribution in [0.2, 0.25) is 0 Å². The van der Waals surface area contributed by atoms with Crippen molar-refractivity contribution in [1.29, 1.82) is 0 Å². The summed E-state index contributed by atoms with van der Waals surface area (Å²) in [6, 6.07) is 0.522. The van der Waals surface area contributed by atoms with E-state index in [0.29, 0.717) is 18.4 Å². The Morgan fingerprint density at radius 2 is 1.95 bits per heavy atom. The van der Waals surface area contributed by atoms with Crippen molar-refractivity contribution in [2.75, 3.05) is 39.3 Å². The van der Waals surface area contributed by atoms with E-state index in [1.807, 2.05) is 0 Å². The molecule has 2 fully saturated rings. The van der Waals surface area contributed by atoms with Gasteiger partial charge in [-0.2, -0.15) is 0 Å². The molecule has 0 aromatic rings. The molecule has 2 aliphatic heterocycles. The largest absolute Gasteiger partial charge is 0.343 e. The summed E-state index contributed by atoms with van der Waals surface area (Å²) in [5, 5.41) is 3.59. The molecule has 1 N–H and O–H groups in total. The average Bonchev–Trinajstić information content (AvgIpc) is 2.55.